The molecule has 20 heavy (non-hydrogen) atoms. The molecule has 1 aliphatic heterocycles. The van der Waals surface area contributed by atoms with Crippen molar-refractivity contribution in [1.82, 2.24) is 24.0 Å². The summed E-state index contributed by atoms with van der Waals surface area (Å²) in [5.74, 6) is 0. The van der Waals surface area contributed by atoms with Crippen molar-refractivity contribution < 1.29 is 13.5 Å². The summed E-state index contributed by atoms with van der Waals surface area (Å²) < 4.78 is 30.0. The third-order valence-electron chi connectivity index (χ3n) is 3.41. The Morgan fingerprint density at radius 1 is 1.40 bits per heavy atom. The molecule has 1 unspecified atom stereocenters. The van der Waals surface area contributed by atoms with Crippen LogP contribution in [0.25, 0.3) is 0 Å². The molecule has 0 bridgehead atoms. The van der Waals surface area contributed by atoms with Gasteiger partial charge in [0.15, 0.2) is 0 Å². The Hall–Kier alpha value is -1.03. The summed E-state index contributed by atoms with van der Waals surface area (Å²) in [6.45, 7) is 1.31. The number of rotatable bonds is 7. The average molecular weight is 303 g/mol. The first-order valence-corrected chi connectivity index (χ1v) is 8.29. The Balaban J connectivity index is 1.80. The zero-order valence-electron chi connectivity index (χ0n) is 11.3. The van der Waals surface area contributed by atoms with Crippen LogP contribution < -0.4 is 4.72 Å². The van der Waals surface area contributed by atoms with Crippen molar-refractivity contribution in [3.63, 3.8) is 0 Å². The molecular weight excluding hydrogens is 282 g/mol. The molecule has 1 atom stereocenters. The van der Waals surface area contributed by atoms with Crippen LogP contribution in [0.4, 0.5) is 0 Å². The van der Waals surface area contributed by atoms with Crippen LogP contribution in [0, 0.1) is 0 Å². The van der Waals surface area contributed by atoms with E-state index in [1.165, 1.54) is 4.31 Å². The molecular formula is C11H21N5O3S. The summed E-state index contributed by atoms with van der Waals surface area (Å²) in [6.07, 6.45) is 6.49. The van der Waals surface area contributed by atoms with Gasteiger partial charge in [-0.3, -0.25) is 4.68 Å². The molecule has 114 valence electrons. The smallest absolute Gasteiger partial charge is 0.279 e. The number of nitrogens with zero attached hydrogens (tertiary/aromatic N) is 4. The summed E-state index contributed by atoms with van der Waals surface area (Å²) in [5.41, 5.74) is 0. The van der Waals surface area contributed by atoms with Crippen molar-refractivity contribution in [2.45, 2.75) is 38.3 Å². The maximum Gasteiger partial charge on any atom is 0.279 e. The number of aliphatic hydroxyl groups is 1. The van der Waals surface area contributed by atoms with Crippen LogP contribution in [0.15, 0.2) is 12.4 Å². The minimum Gasteiger partial charge on any atom is -0.395 e. The van der Waals surface area contributed by atoms with Gasteiger partial charge in [0.2, 0.25) is 0 Å². The Labute approximate surface area is 119 Å². The highest BCUT2D eigenvalue weighted by Crippen LogP contribution is 2.19. The molecule has 1 aromatic heterocycles. The lowest BCUT2D eigenvalue weighted by molar-refractivity contribution is 0.154. The van der Waals surface area contributed by atoms with E-state index in [1.807, 2.05) is 0 Å². The molecule has 0 amide bonds. The zero-order valence-corrected chi connectivity index (χ0v) is 12.2. The van der Waals surface area contributed by atoms with Gasteiger partial charge in [0.05, 0.1) is 12.8 Å². The fourth-order valence-corrected chi connectivity index (χ4v) is 3.85. The van der Waals surface area contributed by atoms with Crippen LogP contribution >= 0.6 is 0 Å². The number of aryl methyl sites for hydroxylation is 1. The second-order valence-corrected chi connectivity index (χ2v) is 6.57. The number of hydrogen-bond donors (Lipinski definition) is 2. The van der Waals surface area contributed by atoms with Gasteiger partial charge in [-0.05, 0) is 19.3 Å². The first-order chi connectivity index (χ1) is 9.63. The molecule has 1 aromatic rings. The lowest BCUT2D eigenvalue weighted by Crippen LogP contribution is -2.50. The van der Waals surface area contributed by atoms with E-state index in [0.29, 0.717) is 26.1 Å². The predicted molar refractivity (Wildman–Crippen MR) is 73.0 cm³/mol. The molecule has 2 N–H and O–H groups in total. The third kappa shape index (κ3) is 3.98. The Morgan fingerprint density at radius 2 is 2.25 bits per heavy atom. The topological polar surface area (TPSA) is 100 Å². The minimum absolute atomic E-state index is 0.125. The Bertz CT molecular complexity index is 490. The Morgan fingerprint density at radius 3 is 2.95 bits per heavy atom. The summed E-state index contributed by atoms with van der Waals surface area (Å²) in [4.78, 5) is 0. The van der Waals surface area contributed by atoms with Crippen LogP contribution in [0.3, 0.4) is 0 Å². The van der Waals surface area contributed by atoms with Gasteiger partial charge in [-0.2, -0.15) is 12.7 Å². The second kappa shape index (κ2) is 7.11. The molecule has 0 saturated carbocycles. The standard InChI is InChI=1S/C11H21N5O3S/c17-10-11-4-1-2-8-16(11)20(18,19)13-5-3-7-15-9-6-12-14-15/h6,9,11,13,17H,1-5,7-8,10H2. The molecule has 2 rings (SSSR count). The van der Waals surface area contributed by atoms with Crippen LogP contribution in [-0.2, 0) is 16.8 Å². The van der Waals surface area contributed by atoms with E-state index in [1.54, 1.807) is 17.1 Å². The molecule has 8 nitrogen and oxygen atoms in total. The number of nitrogens with one attached hydrogen (secondary N) is 1. The summed E-state index contributed by atoms with van der Waals surface area (Å²) in [6, 6.07) is -0.295. The largest absolute Gasteiger partial charge is 0.395 e. The van der Waals surface area contributed by atoms with Gasteiger partial charge in [-0.15, -0.1) is 5.10 Å². The fraction of sp³-hybridized carbons (Fsp3) is 0.818. The van der Waals surface area contributed by atoms with Crippen molar-refractivity contribution in [2.75, 3.05) is 19.7 Å². The molecule has 0 aromatic carbocycles. The fourth-order valence-electron chi connectivity index (χ4n) is 2.35. The van der Waals surface area contributed by atoms with Gasteiger partial charge in [-0.25, -0.2) is 4.72 Å². The number of aliphatic hydroxyl groups excluding tert-OH is 1. The van der Waals surface area contributed by atoms with E-state index in [2.05, 4.69) is 15.0 Å². The molecule has 1 saturated heterocycles. The van der Waals surface area contributed by atoms with Gasteiger partial charge in [0, 0.05) is 31.9 Å². The number of hydrogen-bond acceptors (Lipinski definition) is 5. The van der Waals surface area contributed by atoms with E-state index in [4.69, 9.17) is 0 Å². The summed E-state index contributed by atoms with van der Waals surface area (Å²) >= 11 is 0. The summed E-state index contributed by atoms with van der Waals surface area (Å²) in [5, 5.41) is 16.8. The van der Waals surface area contributed by atoms with E-state index < -0.39 is 10.2 Å². The van der Waals surface area contributed by atoms with Crippen LogP contribution in [0.5, 0.6) is 0 Å². The van der Waals surface area contributed by atoms with Crippen molar-refractivity contribution in [3.8, 4) is 0 Å². The first kappa shape index (κ1) is 15.4. The van der Waals surface area contributed by atoms with Crippen molar-refractivity contribution in [3.05, 3.63) is 12.4 Å². The molecule has 1 aliphatic rings. The molecule has 2 heterocycles. The van der Waals surface area contributed by atoms with E-state index in [-0.39, 0.29) is 12.6 Å². The lowest BCUT2D eigenvalue weighted by atomic mass is 10.1. The molecule has 9 heteroatoms. The highest BCUT2D eigenvalue weighted by molar-refractivity contribution is 7.87. The maximum absolute atomic E-state index is 12.2. The SMILES string of the molecule is O=S(=O)(NCCCn1ccnn1)N1CCCCC1CO. The lowest BCUT2D eigenvalue weighted by Gasteiger charge is -2.33. The number of piperidine rings is 1. The van der Waals surface area contributed by atoms with Crippen LogP contribution in [0.1, 0.15) is 25.7 Å². The number of aromatic nitrogens is 3. The quantitative estimate of drug-likeness (QED) is 0.652. The van der Waals surface area contributed by atoms with Gasteiger partial charge in [0.1, 0.15) is 0 Å². The monoisotopic (exact) mass is 303 g/mol. The van der Waals surface area contributed by atoms with Crippen molar-refractivity contribution in [2.24, 2.45) is 0 Å². The maximum atomic E-state index is 12.2. The van der Waals surface area contributed by atoms with Crippen molar-refractivity contribution >= 4 is 10.2 Å². The van der Waals surface area contributed by atoms with E-state index in [0.717, 1.165) is 19.3 Å². The highest BCUT2D eigenvalue weighted by Gasteiger charge is 2.31. The Kier molecular flexibility index (Phi) is 5.46. The highest BCUT2D eigenvalue weighted by atomic mass is 32.2. The van der Waals surface area contributed by atoms with E-state index >= 15 is 0 Å². The minimum atomic E-state index is -3.51. The predicted octanol–water partition coefficient (Wildman–Crippen LogP) is -0.651. The van der Waals surface area contributed by atoms with Crippen LogP contribution in [0.2, 0.25) is 0 Å². The summed E-state index contributed by atoms with van der Waals surface area (Å²) in [7, 11) is -3.51. The molecule has 0 aliphatic carbocycles. The van der Waals surface area contributed by atoms with Gasteiger partial charge >= 0.3 is 0 Å². The molecule has 1 fully saturated rings. The molecule has 0 spiro atoms. The van der Waals surface area contributed by atoms with Gasteiger partial charge < -0.3 is 5.11 Å². The van der Waals surface area contributed by atoms with Gasteiger partial charge in [0.25, 0.3) is 10.2 Å². The van der Waals surface area contributed by atoms with Crippen LogP contribution in [-0.4, -0.2) is 58.6 Å². The average Bonchev–Trinajstić information content (AvgIpc) is 2.97. The van der Waals surface area contributed by atoms with Crippen molar-refractivity contribution in [1.29, 1.82) is 0 Å². The zero-order chi connectivity index (χ0) is 14.4. The first-order valence-electron chi connectivity index (χ1n) is 6.85. The normalized spacial score (nSPS) is 21.1. The van der Waals surface area contributed by atoms with Gasteiger partial charge in [-0.1, -0.05) is 11.6 Å². The second-order valence-electron chi connectivity index (χ2n) is 4.86. The molecule has 0 radical (unpaired) electrons. The van der Waals surface area contributed by atoms with E-state index in [9.17, 15) is 13.5 Å². The third-order valence-corrected chi connectivity index (χ3v) is 5.08.